The number of carbonyl (C=O) groups is 2. The van der Waals surface area contributed by atoms with Gasteiger partial charge in [-0.2, -0.15) is 0 Å². The van der Waals surface area contributed by atoms with Crippen LogP contribution >= 0.6 is 12.2 Å². The van der Waals surface area contributed by atoms with Gasteiger partial charge < -0.3 is 5.11 Å². The van der Waals surface area contributed by atoms with Crippen LogP contribution in [0.4, 0.5) is 0 Å². The molecule has 2 rings (SSSR count). The molecule has 0 aromatic carbocycles. The summed E-state index contributed by atoms with van der Waals surface area (Å²) in [5.41, 5.74) is -1.41. The summed E-state index contributed by atoms with van der Waals surface area (Å²) in [5, 5.41) is 10.1. The Bertz CT molecular complexity index is 1020. The van der Waals surface area contributed by atoms with E-state index < -0.39 is 28.9 Å². The van der Waals surface area contributed by atoms with Crippen molar-refractivity contribution in [3.05, 3.63) is 56.3 Å². The van der Waals surface area contributed by atoms with Crippen molar-refractivity contribution in [2.75, 3.05) is 14.1 Å². The molecule has 142 valence electrons. The monoisotopic (exact) mass is 390 g/mol. The molecule has 0 unspecified atom stereocenters. The number of nitrogens with zero attached hydrogens (tertiary/aromatic N) is 4. The lowest BCUT2D eigenvalue weighted by molar-refractivity contribution is -0.132. The molecule has 0 saturated carbocycles. The van der Waals surface area contributed by atoms with Crippen molar-refractivity contribution in [3.63, 3.8) is 0 Å². The summed E-state index contributed by atoms with van der Waals surface area (Å²) in [6, 6.07) is 0. The zero-order chi connectivity index (χ0) is 20.5. The number of hydrogen-bond acceptors (Lipinski definition) is 6. The minimum absolute atomic E-state index is 0.0564. The molecule has 10 heteroatoms. The van der Waals surface area contributed by atoms with E-state index in [1.165, 1.54) is 68.4 Å². The van der Waals surface area contributed by atoms with Crippen molar-refractivity contribution >= 4 is 35.2 Å². The van der Waals surface area contributed by atoms with Gasteiger partial charge in [-0.1, -0.05) is 18.2 Å². The molecule has 0 radical (unpaired) electrons. The minimum atomic E-state index is -0.645. The van der Waals surface area contributed by atoms with Crippen LogP contribution in [0.25, 0.3) is 6.08 Å². The Morgan fingerprint density at radius 2 is 1.41 bits per heavy atom. The Balaban J connectivity index is 2.29. The average Bonchev–Trinajstić information content (AvgIpc) is 2.66. The molecule has 2 amide bonds. The number of likely N-dealkylation sites (N-methyl/N-ethyl adjacent to an activating group) is 2. The van der Waals surface area contributed by atoms with Crippen LogP contribution in [0.2, 0.25) is 0 Å². The molecule has 0 aliphatic carbocycles. The quantitative estimate of drug-likeness (QED) is 0.323. The van der Waals surface area contributed by atoms with E-state index in [0.29, 0.717) is 0 Å². The lowest BCUT2D eigenvalue weighted by Gasteiger charge is -2.31. The molecule has 2 heterocycles. The summed E-state index contributed by atoms with van der Waals surface area (Å²) in [7, 11) is 5.60. The molecular weight excluding hydrogens is 372 g/mol. The van der Waals surface area contributed by atoms with Crippen LogP contribution in [0.5, 0.6) is 5.88 Å². The van der Waals surface area contributed by atoms with E-state index >= 15 is 0 Å². The summed E-state index contributed by atoms with van der Waals surface area (Å²) < 4.78 is 1.82. The maximum Gasteiger partial charge on any atom is 0.333 e. The molecule has 0 atom stereocenters. The maximum atomic E-state index is 12.1. The second-order valence-electron chi connectivity index (χ2n) is 5.78. The topological polar surface area (TPSA) is 105 Å². The zero-order valence-corrected chi connectivity index (χ0v) is 16.0. The van der Waals surface area contributed by atoms with E-state index in [1.807, 2.05) is 0 Å². The SMILES string of the molecule is CN1C(=O)C(=CC=CC=Cc2c(O)n(C)c(=O)n(C)c2=O)C(=O)N(C)C1=S. The van der Waals surface area contributed by atoms with E-state index in [-0.39, 0.29) is 16.2 Å². The number of amides is 2. The van der Waals surface area contributed by atoms with Crippen molar-refractivity contribution in [1.82, 2.24) is 18.9 Å². The molecular formula is C17H18N4O5S. The Morgan fingerprint density at radius 3 is 1.96 bits per heavy atom. The molecule has 1 N–H and O–H groups in total. The summed E-state index contributed by atoms with van der Waals surface area (Å²) in [5.74, 6) is -1.48. The highest BCUT2D eigenvalue weighted by Gasteiger charge is 2.34. The van der Waals surface area contributed by atoms with Crippen molar-refractivity contribution < 1.29 is 14.7 Å². The van der Waals surface area contributed by atoms with Crippen LogP contribution in [-0.4, -0.2) is 55.1 Å². The van der Waals surface area contributed by atoms with Crippen molar-refractivity contribution in [2.45, 2.75) is 0 Å². The van der Waals surface area contributed by atoms with Gasteiger partial charge in [0.1, 0.15) is 11.1 Å². The van der Waals surface area contributed by atoms with Gasteiger partial charge in [-0.25, -0.2) is 4.79 Å². The molecule has 0 spiro atoms. The molecule has 0 bridgehead atoms. The predicted octanol–water partition coefficient (Wildman–Crippen LogP) is -0.499. The predicted molar refractivity (Wildman–Crippen MR) is 103 cm³/mol. The van der Waals surface area contributed by atoms with Crippen LogP contribution in [0.3, 0.4) is 0 Å². The highest BCUT2D eigenvalue weighted by Crippen LogP contribution is 2.15. The van der Waals surface area contributed by atoms with Crippen LogP contribution < -0.4 is 11.2 Å². The minimum Gasteiger partial charge on any atom is -0.494 e. The maximum absolute atomic E-state index is 12.1. The third-order valence-electron chi connectivity index (χ3n) is 4.06. The van der Waals surface area contributed by atoms with Gasteiger partial charge in [0.2, 0.25) is 5.88 Å². The number of aromatic nitrogens is 2. The largest absolute Gasteiger partial charge is 0.494 e. The fraction of sp³-hybridized carbons (Fsp3) is 0.235. The second-order valence-corrected chi connectivity index (χ2v) is 6.14. The third-order valence-corrected chi connectivity index (χ3v) is 4.61. The smallest absolute Gasteiger partial charge is 0.333 e. The van der Waals surface area contributed by atoms with Crippen molar-refractivity contribution in [1.29, 1.82) is 0 Å². The van der Waals surface area contributed by atoms with E-state index in [0.717, 1.165) is 9.13 Å². The summed E-state index contributed by atoms with van der Waals surface area (Å²) in [6.45, 7) is 0. The highest BCUT2D eigenvalue weighted by atomic mass is 32.1. The number of carbonyl (C=O) groups excluding carboxylic acids is 2. The van der Waals surface area contributed by atoms with Crippen LogP contribution in [0, 0.1) is 0 Å². The normalized spacial score (nSPS) is 15.6. The summed E-state index contributed by atoms with van der Waals surface area (Å²) >= 11 is 5.00. The third kappa shape index (κ3) is 3.51. The number of allylic oxidation sites excluding steroid dienone is 4. The van der Waals surface area contributed by atoms with Gasteiger partial charge in [-0.15, -0.1) is 0 Å². The van der Waals surface area contributed by atoms with Gasteiger partial charge in [0.25, 0.3) is 17.4 Å². The van der Waals surface area contributed by atoms with Gasteiger partial charge in [-0.05, 0) is 24.4 Å². The van der Waals surface area contributed by atoms with E-state index in [1.54, 1.807) is 0 Å². The summed E-state index contributed by atoms with van der Waals surface area (Å²) in [6.07, 6.45) is 7.02. The Labute approximate surface area is 159 Å². The standard InChI is InChI=1S/C17H18N4O5S/c1-18-12(22)10(13(23)19(2)16(18)26)8-6-5-7-9-11-14(24)20(3)17(27)21(4)15(11)25/h5-9,22H,1-4H3. The molecule has 27 heavy (non-hydrogen) atoms. The van der Waals surface area contributed by atoms with Gasteiger partial charge in [-0.3, -0.25) is 33.3 Å². The van der Waals surface area contributed by atoms with Crippen molar-refractivity contribution in [3.8, 4) is 5.88 Å². The molecule has 1 saturated heterocycles. The van der Waals surface area contributed by atoms with Gasteiger partial charge in [0.15, 0.2) is 5.11 Å². The average molecular weight is 390 g/mol. The first-order chi connectivity index (χ1) is 12.6. The highest BCUT2D eigenvalue weighted by molar-refractivity contribution is 7.80. The Morgan fingerprint density at radius 1 is 0.852 bits per heavy atom. The van der Waals surface area contributed by atoms with Crippen molar-refractivity contribution in [2.24, 2.45) is 14.1 Å². The Hall–Kier alpha value is -3.27. The van der Waals surface area contributed by atoms with Gasteiger partial charge in [0, 0.05) is 28.2 Å². The van der Waals surface area contributed by atoms with Gasteiger partial charge in [0.05, 0.1) is 0 Å². The number of thiocarbonyl (C=S) groups is 1. The first-order valence-electron chi connectivity index (χ1n) is 7.73. The van der Waals surface area contributed by atoms with Crippen LogP contribution in [0.15, 0.2) is 39.5 Å². The first kappa shape index (κ1) is 20.0. The number of aromatic hydroxyl groups is 1. The zero-order valence-electron chi connectivity index (χ0n) is 15.2. The molecule has 1 fully saturated rings. The van der Waals surface area contributed by atoms with Crippen LogP contribution in [0.1, 0.15) is 5.56 Å². The lowest BCUT2D eigenvalue weighted by atomic mass is 10.1. The van der Waals surface area contributed by atoms with E-state index in [2.05, 4.69) is 0 Å². The second kappa shape index (κ2) is 7.54. The summed E-state index contributed by atoms with van der Waals surface area (Å²) in [4.78, 5) is 50.4. The first-order valence-corrected chi connectivity index (χ1v) is 8.14. The Kier molecular flexibility index (Phi) is 5.60. The van der Waals surface area contributed by atoms with Gasteiger partial charge >= 0.3 is 5.69 Å². The fourth-order valence-corrected chi connectivity index (χ4v) is 2.53. The molecule has 1 aromatic rings. The lowest BCUT2D eigenvalue weighted by Crippen LogP contribution is -2.52. The molecule has 1 aliphatic heterocycles. The van der Waals surface area contributed by atoms with E-state index in [4.69, 9.17) is 12.2 Å². The number of rotatable bonds is 3. The number of hydrogen-bond donors (Lipinski definition) is 1. The molecule has 9 nitrogen and oxygen atoms in total. The fourth-order valence-electron chi connectivity index (χ4n) is 2.37. The van der Waals surface area contributed by atoms with Crippen LogP contribution in [-0.2, 0) is 23.7 Å². The molecule has 1 aliphatic rings. The van der Waals surface area contributed by atoms with E-state index in [9.17, 15) is 24.3 Å². The molecule has 1 aromatic heterocycles.